The molecule has 1 aromatic heterocycles. The average Bonchev–Trinajstić information content (AvgIpc) is 3.02. The van der Waals surface area contributed by atoms with Gasteiger partial charge in [0.05, 0.1) is 19.1 Å². The highest BCUT2D eigenvalue weighted by molar-refractivity contribution is 5.78. The highest BCUT2D eigenvalue weighted by Crippen LogP contribution is 2.19. The van der Waals surface area contributed by atoms with Crippen LogP contribution in [0.1, 0.15) is 24.4 Å². The summed E-state index contributed by atoms with van der Waals surface area (Å²) in [5.74, 6) is 1.19. The van der Waals surface area contributed by atoms with Crippen molar-refractivity contribution in [3.8, 4) is 0 Å². The summed E-state index contributed by atoms with van der Waals surface area (Å²) < 4.78 is 2.15. The fourth-order valence-corrected chi connectivity index (χ4v) is 2.83. The molecule has 0 aliphatic carbocycles. The number of imidazole rings is 1. The topological polar surface area (TPSA) is 41.4 Å². The van der Waals surface area contributed by atoms with E-state index < -0.39 is 0 Å². The second-order valence-electron chi connectivity index (χ2n) is 5.84. The van der Waals surface area contributed by atoms with Gasteiger partial charge in [-0.1, -0.05) is 30.3 Å². The van der Waals surface area contributed by atoms with Crippen LogP contribution in [-0.2, 0) is 17.9 Å². The van der Waals surface area contributed by atoms with Gasteiger partial charge in [0.15, 0.2) is 0 Å². The molecule has 1 aliphatic heterocycles. The van der Waals surface area contributed by atoms with Crippen molar-refractivity contribution in [2.75, 3.05) is 20.1 Å². The summed E-state index contributed by atoms with van der Waals surface area (Å²) in [6.45, 7) is 5.05. The zero-order chi connectivity index (χ0) is 15.5. The lowest BCUT2D eigenvalue weighted by Gasteiger charge is -2.31. The summed E-state index contributed by atoms with van der Waals surface area (Å²) in [4.78, 5) is 20.9. The van der Waals surface area contributed by atoms with Crippen LogP contribution >= 0.6 is 0 Å². The zero-order valence-corrected chi connectivity index (χ0v) is 13.1. The monoisotopic (exact) mass is 298 g/mol. The number of hydrogen-bond acceptors (Lipinski definition) is 3. The highest BCUT2D eigenvalue weighted by Gasteiger charge is 2.23. The van der Waals surface area contributed by atoms with Gasteiger partial charge in [0.2, 0.25) is 5.91 Å². The number of likely N-dealkylation sites (N-methyl/N-ethyl adjacent to an activating group) is 1. The lowest BCUT2D eigenvalue weighted by atomic mass is 10.1. The maximum absolute atomic E-state index is 12.5. The van der Waals surface area contributed by atoms with Gasteiger partial charge in [0.1, 0.15) is 5.82 Å². The van der Waals surface area contributed by atoms with Crippen molar-refractivity contribution in [3.05, 3.63) is 54.1 Å². The van der Waals surface area contributed by atoms with Crippen LogP contribution in [0, 0.1) is 0 Å². The van der Waals surface area contributed by atoms with Crippen LogP contribution in [0.5, 0.6) is 0 Å². The van der Waals surface area contributed by atoms with Gasteiger partial charge in [-0.15, -0.1) is 0 Å². The van der Waals surface area contributed by atoms with Gasteiger partial charge in [-0.25, -0.2) is 4.98 Å². The third kappa shape index (κ3) is 3.04. The minimum Gasteiger partial charge on any atom is -0.338 e. The fourth-order valence-electron chi connectivity index (χ4n) is 2.83. The average molecular weight is 298 g/mol. The first-order chi connectivity index (χ1) is 10.6. The standard InChI is InChI=1S/C17H22N4O/c1-14(15-6-4-3-5-7-15)19(2)17(22)13-20-10-11-21-9-8-18-16(21)12-20/h3-9,14H,10-13H2,1-2H3. The number of carbonyl (C=O) groups excluding carboxylic acids is 1. The molecule has 0 N–H and O–H groups in total. The largest absolute Gasteiger partial charge is 0.338 e. The van der Waals surface area contributed by atoms with Crippen LogP contribution in [0.15, 0.2) is 42.7 Å². The van der Waals surface area contributed by atoms with Gasteiger partial charge < -0.3 is 9.47 Å². The molecule has 1 aliphatic rings. The molecule has 22 heavy (non-hydrogen) atoms. The number of aromatic nitrogens is 2. The van der Waals surface area contributed by atoms with Crippen molar-refractivity contribution in [2.45, 2.75) is 26.1 Å². The molecule has 1 unspecified atom stereocenters. The molecule has 2 heterocycles. The van der Waals surface area contributed by atoms with E-state index in [4.69, 9.17) is 0 Å². The van der Waals surface area contributed by atoms with E-state index in [2.05, 4.69) is 33.5 Å². The molecule has 0 saturated carbocycles. The summed E-state index contributed by atoms with van der Waals surface area (Å²) in [6.07, 6.45) is 3.82. The van der Waals surface area contributed by atoms with Crippen LogP contribution in [0.4, 0.5) is 0 Å². The van der Waals surface area contributed by atoms with Crippen LogP contribution in [0.3, 0.4) is 0 Å². The molecule has 0 bridgehead atoms. The van der Waals surface area contributed by atoms with Gasteiger partial charge in [0.25, 0.3) is 0 Å². The number of rotatable bonds is 4. The number of fused-ring (bicyclic) bond motifs is 1. The maximum Gasteiger partial charge on any atom is 0.237 e. The molecule has 1 atom stereocenters. The molecule has 3 rings (SSSR count). The minimum atomic E-state index is 0.0838. The van der Waals surface area contributed by atoms with Crippen molar-refractivity contribution in [1.29, 1.82) is 0 Å². The number of hydrogen-bond donors (Lipinski definition) is 0. The van der Waals surface area contributed by atoms with Gasteiger partial charge in [-0.3, -0.25) is 9.69 Å². The first kappa shape index (κ1) is 14.8. The van der Waals surface area contributed by atoms with Crippen molar-refractivity contribution >= 4 is 5.91 Å². The Hall–Kier alpha value is -2.14. The lowest BCUT2D eigenvalue weighted by Crippen LogP contribution is -2.42. The molecule has 0 fully saturated rings. The Balaban J connectivity index is 1.60. The first-order valence-corrected chi connectivity index (χ1v) is 7.68. The van der Waals surface area contributed by atoms with E-state index in [0.29, 0.717) is 6.54 Å². The van der Waals surface area contributed by atoms with E-state index >= 15 is 0 Å². The summed E-state index contributed by atoms with van der Waals surface area (Å²) in [6, 6.07) is 10.2. The highest BCUT2D eigenvalue weighted by atomic mass is 16.2. The Morgan fingerprint density at radius 1 is 1.32 bits per heavy atom. The molecular weight excluding hydrogens is 276 g/mol. The number of nitrogens with zero attached hydrogens (tertiary/aromatic N) is 4. The predicted molar refractivity (Wildman–Crippen MR) is 85.1 cm³/mol. The molecule has 0 spiro atoms. The number of carbonyl (C=O) groups is 1. The van der Waals surface area contributed by atoms with Gasteiger partial charge in [-0.2, -0.15) is 0 Å². The third-order valence-corrected chi connectivity index (χ3v) is 4.44. The molecule has 116 valence electrons. The van der Waals surface area contributed by atoms with E-state index in [-0.39, 0.29) is 11.9 Å². The normalized spacial score (nSPS) is 16.1. The Labute approximate surface area is 131 Å². The minimum absolute atomic E-state index is 0.0838. The Kier molecular flexibility index (Phi) is 4.24. The molecule has 2 aromatic rings. The molecule has 1 amide bonds. The van der Waals surface area contributed by atoms with Crippen molar-refractivity contribution in [3.63, 3.8) is 0 Å². The van der Waals surface area contributed by atoms with Crippen molar-refractivity contribution < 1.29 is 4.79 Å². The van der Waals surface area contributed by atoms with Crippen LogP contribution in [0.2, 0.25) is 0 Å². The van der Waals surface area contributed by atoms with Crippen molar-refractivity contribution in [1.82, 2.24) is 19.4 Å². The second kappa shape index (κ2) is 6.32. The first-order valence-electron chi connectivity index (χ1n) is 7.68. The lowest BCUT2D eigenvalue weighted by molar-refractivity contribution is -0.133. The van der Waals surface area contributed by atoms with Gasteiger partial charge >= 0.3 is 0 Å². The zero-order valence-electron chi connectivity index (χ0n) is 13.1. The van der Waals surface area contributed by atoms with Crippen LogP contribution < -0.4 is 0 Å². The fraction of sp³-hybridized carbons (Fsp3) is 0.412. The van der Waals surface area contributed by atoms with Gasteiger partial charge in [0, 0.05) is 32.5 Å². The summed E-state index contributed by atoms with van der Waals surface area (Å²) in [5, 5.41) is 0. The van der Waals surface area contributed by atoms with Gasteiger partial charge in [-0.05, 0) is 12.5 Å². The molecule has 5 nitrogen and oxygen atoms in total. The van der Waals surface area contributed by atoms with E-state index in [9.17, 15) is 4.79 Å². The molecule has 5 heteroatoms. The molecule has 0 saturated heterocycles. The molecule has 0 radical (unpaired) electrons. The number of benzene rings is 1. The SMILES string of the molecule is CC(c1ccccc1)N(C)C(=O)CN1CCn2ccnc2C1. The molecular formula is C17H22N4O. The predicted octanol–water partition coefficient (Wildman–Crippen LogP) is 1.92. The van der Waals surface area contributed by atoms with E-state index in [1.807, 2.05) is 42.5 Å². The Morgan fingerprint density at radius 2 is 2.09 bits per heavy atom. The van der Waals surface area contributed by atoms with E-state index in [0.717, 1.165) is 31.0 Å². The smallest absolute Gasteiger partial charge is 0.237 e. The quantitative estimate of drug-likeness (QED) is 0.866. The van der Waals surface area contributed by atoms with E-state index in [1.165, 1.54) is 0 Å². The summed E-state index contributed by atoms with van der Waals surface area (Å²) >= 11 is 0. The maximum atomic E-state index is 12.5. The Morgan fingerprint density at radius 3 is 2.86 bits per heavy atom. The summed E-state index contributed by atoms with van der Waals surface area (Å²) in [5.41, 5.74) is 1.16. The van der Waals surface area contributed by atoms with Crippen LogP contribution in [0.25, 0.3) is 0 Å². The molecule has 1 aromatic carbocycles. The number of amides is 1. The summed E-state index contributed by atoms with van der Waals surface area (Å²) in [7, 11) is 1.88. The third-order valence-electron chi connectivity index (χ3n) is 4.44. The van der Waals surface area contributed by atoms with E-state index in [1.54, 1.807) is 0 Å². The van der Waals surface area contributed by atoms with Crippen molar-refractivity contribution in [2.24, 2.45) is 0 Å². The second-order valence-corrected chi connectivity index (χ2v) is 5.84. The Bertz CT molecular complexity index is 637. The van der Waals surface area contributed by atoms with Crippen LogP contribution in [-0.4, -0.2) is 45.4 Å².